The summed E-state index contributed by atoms with van der Waals surface area (Å²) in [5, 5.41) is 5.40. The number of nitrogens with zero attached hydrogens (tertiary/aromatic N) is 2. The van der Waals surface area contributed by atoms with Gasteiger partial charge in [-0.15, -0.1) is 0 Å². The number of fused-ring (bicyclic) bond motifs is 1. The van der Waals surface area contributed by atoms with Crippen LogP contribution >= 0.6 is 11.6 Å². The van der Waals surface area contributed by atoms with E-state index in [9.17, 15) is 0 Å². The van der Waals surface area contributed by atoms with Gasteiger partial charge >= 0.3 is 0 Å². The Balaban J connectivity index is 2.07. The lowest BCUT2D eigenvalue weighted by Gasteiger charge is -2.24. The monoisotopic (exact) mass is 249 g/mol. The number of aryl methyl sites for hydroxylation is 1. The van der Waals surface area contributed by atoms with Crippen LogP contribution in [0.5, 0.6) is 0 Å². The molecule has 0 saturated carbocycles. The van der Waals surface area contributed by atoms with Gasteiger partial charge in [-0.05, 0) is 31.5 Å². The Bertz CT molecular complexity index is 541. The van der Waals surface area contributed by atoms with E-state index >= 15 is 0 Å². The zero-order valence-electron chi connectivity index (χ0n) is 9.91. The van der Waals surface area contributed by atoms with Crippen LogP contribution in [0.1, 0.15) is 31.0 Å². The fourth-order valence-electron chi connectivity index (χ4n) is 2.65. The third-order valence-corrected chi connectivity index (χ3v) is 3.74. The summed E-state index contributed by atoms with van der Waals surface area (Å²) >= 11 is 5.98. The van der Waals surface area contributed by atoms with Gasteiger partial charge < -0.3 is 9.88 Å². The minimum atomic E-state index is 0.460. The highest BCUT2D eigenvalue weighted by molar-refractivity contribution is 6.31. The first-order chi connectivity index (χ1) is 8.25. The van der Waals surface area contributed by atoms with Crippen molar-refractivity contribution in [3.05, 3.63) is 29.0 Å². The van der Waals surface area contributed by atoms with E-state index < -0.39 is 0 Å². The highest BCUT2D eigenvalue weighted by atomic mass is 35.5. The highest BCUT2D eigenvalue weighted by Crippen LogP contribution is 2.28. The molecule has 17 heavy (non-hydrogen) atoms. The Labute approximate surface area is 106 Å². The Morgan fingerprint density at radius 3 is 3.06 bits per heavy atom. The molecule has 1 N–H and O–H groups in total. The molecule has 0 bridgehead atoms. The Morgan fingerprint density at radius 1 is 1.41 bits per heavy atom. The van der Waals surface area contributed by atoms with Gasteiger partial charge in [0.15, 0.2) is 0 Å². The zero-order chi connectivity index (χ0) is 11.8. The van der Waals surface area contributed by atoms with Gasteiger partial charge in [-0.3, -0.25) is 0 Å². The first kappa shape index (κ1) is 11.1. The Morgan fingerprint density at radius 2 is 2.29 bits per heavy atom. The van der Waals surface area contributed by atoms with Gasteiger partial charge in [-0.25, -0.2) is 4.98 Å². The molecule has 1 atom stereocenters. The number of hydrogen-bond acceptors (Lipinski definition) is 2. The van der Waals surface area contributed by atoms with Gasteiger partial charge in [-0.2, -0.15) is 0 Å². The number of halogens is 1. The molecule has 90 valence electrons. The third-order valence-electron chi connectivity index (χ3n) is 3.54. The SMILES string of the molecule is Cn1c(C2CCCCN2)cc2cc(Cl)cnc21. The smallest absolute Gasteiger partial charge is 0.139 e. The maximum atomic E-state index is 5.98. The highest BCUT2D eigenvalue weighted by Gasteiger charge is 2.19. The van der Waals surface area contributed by atoms with Crippen molar-refractivity contribution in [1.29, 1.82) is 0 Å². The number of nitrogens with one attached hydrogen (secondary N) is 1. The molecule has 2 aromatic rings. The van der Waals surface area contributed by atoms with E-state index in [1.165, 1.54) is 25.0 Å². The average Bonchev–Trinajstić information content (AvgIpc) is 2.67. The van der Waals surface area contributed by atoms with E-state index in [2.05, 4.69) is 28.0 Å². The van der Waals surface area contributed by atoms with Crippen molar-refractivity contribution in [3.8, 4) is 0 Å². The van der Waals surface area contributed by atoms with Crippen LogP contribution in [-0.2, 0) is 7.05 Å². The van der Waals surface area contributed by atoms with E-state index in [1.807, 2.05) is 6.07 Å². The van der Waals surface area contributed by atoms with Crippen molar-refractivity contribution in [1.82, 2.24) is 14.9 Å². The summed E-state index contributed by atoms with van der Waals surface area (Å²) in [4.78, 5) is 4.40. The number of pyridine rings is 1. The number of rotatable bonds is 1. The summed E-state index contributed by atoms with van der Waals surface area (Å²) in [6, 6.07) is 4.65. The number of piperidine rings is 1. The third kappa shape index (κ3) is 1.94. The molecule has 0 aromatic carbocycles. The molecule has 3 heterocycles. The van der Waals surface area contributed by atoms with E-state index in [1.54, 1.807) is 6.20 Å². The fraction of sp³-hybridized carbons (Fsp3) is 0.462. The molecular weight excluding hydrogens is 234 g/mol. The lowest BCUT2D eigenvalue weighted by Crippen LogP contribution is -2.28. The summed E-state index contributed by atoms with van der Waals surface area (Å²) in [5.74, 6) is 0. The van der Waals surface area contributed by atoms with Crippen molar-refractivity contribution in [2.75, 3.05) is 6.54 Å². The zero-order valence-corrected chi connectivity index (χ0v) is 10.7. The van der Waals surface area contributed by atoms with Crippen LogP contribution in [0.25, 0.3) is 11.0 Å². The van der Waals surface area contributed by atoms with Crippen molar-refractivity contribution in [2.45, 2.75) is 25.3 Å². The molecule has 3 nitrogen and oxygen atoms in total. The van der Waals surface area contributed by atoms with Crippen LogP contribution in [0, 0.1) is 0 Å². The molecular formula is C13H16ClN3. The molecule has 1 aliphatic heterocycles. The number of aromatic nitrogens is 2. The van der Waals surface area contributed by atoms with Crippen LogP contribution in [0.4, 0.5) is 0 Å². The van der Waals surface area contributed by atoms with Gasteiger partial charge in [0.1, 0.15) is 5.65 Å². The van der Waals surface area contributed by atoms with Gasteiger partial charge in [-0.1, -0.05) is 18.0 Å². The van der Waals surface area contributed by atoms with Crippen LogP contribution in [-0.4, -0.2) is 16.1 Å². The molecule has 3 rings (SSSR count). The summed E-state index contributed by atoms with van der Waals surface area (Å²) in [7, 11) is 2.08. The molecule has 1 saturated heterocycles. The second kappa shape index (κ2) is 4.31. The molecule has 4 heteroatoms. The van der Waals surface area contributed by atoms with Crippen molar-refractivity contribution >= 4 is 22.6 Å². The molecule has 0 amide bonds. The lowest BCUT2D eigenvalue weighted by molar-refractivity contribution is 0.399. The average molecular weight is 250 g/mol. The van der Waals surface area contributed by atoms with Crippen LogP contribution in [0.2, 0.25) is 5.02 Å². The van der Waals surface area contributed by atoms with E-state index in [4.69, 9.17) is 11.6 Å². The van der Waals surface area contributed by atoms with Crippen molar-refractivity contribution in [3.63, 3.8) is 0 Å². The largest absolute Gasteiger partial charge is 0.331 e. The maximum absolute atomic E-state index is 5.98. The molecule has 0 aliphatic carbocycles. The standard InChI is InChI=1S/C13H16ClN3/c1-17-12(11-4-2-3-5-15-11)7-9-6-10(14)8-16-13(9)17/h6-8,11,15H,2-5H2,1H3. The topological polar surface area (TPSA) is 29.9 Å². The lowest BCUT2D eigenvalue weighted by atomic mass is 10.0. The molecule has 0 radical (unpaired) electrons. The predicted molar refractivity (Wildman–Crippen MR) is 70.3 cm³/mol. The van der Waals surface area contributed by atoms with Crippen LogP contribution in [0.15, 0.2) is 18.3 Å². The molecule has 1 unspecified atom stereocenters. The van der Waals surface area contributed by atoms with Crippen LogP contribution in [0.3, 0.4) is 0 Å². The maximum Gasteiger partial charge on any atom is 0.139 e. The second-order valence-electron chi connectivity index (χ2n) is 4.70. The fourth-order valence-corrected chi connectivity index (χ4v) is 2.82. The van der Waals surface area contributed by atoms with Gasteiger partial charge in [0.05, 0.1) is 5.02 Å². The Kier molecular flexibility index (Phi) is 2.81. The first-order valence-electron chi connectivity index (χ1n) is 6.10. The minimum Gasteiger partial charge on any atom is -0.331 e. The normalized spacial score (nSPS) is 20.9. The van der Waals surface area contributed by atoms with E-state index in [-0.39, 0.29) is 0 Å². The summed E-state index contributed by atoms with van der Waals surface area (Å²) in [6.07, 6.45) is 5.50. The Hall–Kier alpha value is -1.06. The summed E-state index contributed by atoms with van der Waals surface area (Å²) in [6.45, 7) is 1.11. The van der Waals surface area contributed by atoms with E-state index in [0.29, 0.717) is 11.1 Å². The molecule has 1 fully saturated rings. The van der Waals surface area contributed by atoms with Gasteiger partial charge in [0.2, 0.25) is 0 Å². The summed E-state index contributed by atoms with van der Waals surface area (Å²) in [5.41, 5.74) is 2.33. The first-order valence-corrected chi connectivity index (χ1v) is 6.48. The molecule has 0 spiro atoms. The predicted octanol–water partition coefficient (Wildman–Crippen LogP) is 3.04. The van der Waals surface area contributed by atoms with E-state index in [0.717, 1.165) is 17.6 Å². The molecule has 1 aliphatic rings. The van der Waals surface area contributed by atoms with Crippen molar-refractivity contribution < 1.29 is 0 Å². The van der Waals surface area contributed by atoms with Crippen LogP contribution < -0.4 is 5.32 Å². The minimum absolute atomic E-state index is 0.460. The number of hydrogen-bond donors (Lipinski definition) is 1. The summed E-state index contributed by atoms with van der Waals surface area (Å²) < 4.78 is 2.18. The van der Waals surface area contributed by atoms with Crippen molar-refractivity contribution in [2.24, 2.45) is 7.05 Å². The van der Waals surface area contributed by atoms with Gasteiger partial charge in [0.25, 0.3) is 0 Å². The van der Waals surface area contributed by atoms with Gasteiger partial charge in [0, 0.05) is 30.4 Å². The quantitative estimate of drug-likeness (QED) is 0.842. The second-order valence-corrected chi connectivity index (χ2v) is 5.13. The molecule has 2 aromatic heterocycles.